The van der Waals surface area contributed by atoms with E-state index in [4.69, 9.17) is 4.74 Å². The zero-order chi connectivity index (χ0) is 12.5. The molecule has 2 N–H and O–H groups in total. The summed E-state index contributed by atoms with van der Waals surface area (Å²) >= 11 is 0. The average molecular weight is 273 g/mol. The van der Waals surface area contributed by atoms with E-state index in [9.17, 15) is 4.79 Å². The Kier molecular flexibility index (Phi) is 9.06. The van der Waals surface area contributed by atoms with E-state index in [2.05, 4.69) is 10.6 Å². The smallest absolute Gasteiger partial charge is 0.233 e. The summed E-state index contributed by atoms with van der Waals surface area (Å²) in [6, 6.07) is 7.95. The van der Waals surface area contributed by atoms with Gasteiger partial charge in [0.05, 0.1) is 13.2 Å². The molecule has 102 valence electrons. The van der Waals surface area contributed by atoms with E-state index in [1.165, 1.54) is 5.56 Å². The van der Waals surface area contributed by atoms with E-state index in [-0.39, 0.29) is 18.3 Å². The second-order valence-electron chi connectivity index (χ2n) is 3.71. The number of benzene rings is 1. The van der Waals surface area contributed by atoms with Crippen molar-refractivity contribution in [1.82, 2.24) is 10.6 Å². The van der Waals surface area contributed by atoms with Crippen molar-refractivity contribution in [2.24, 2.45) is 0 Å². The molecular formula is C13H21ClN2O2. The first-order chi connectivity index (χ1) is 8.26. The van der Waals surface area contributed by atoms with Gasteiger partial charge >= 0.3 is 0 Å². The van der Waals surface area contributed by atoms with Crippen molar-refractivity contribution >= 4 is 18.3 Å². The molecule has 1 aromatic carbocycles. The van der Waals surface area contributed by atoms with Gasteiger partial charge < -0.3 is 15.4 Å². The molecule has 1 aromatic rings. The van der Waals surface area contributed by atoms with Crippen molar-refractivity contribution in [2.45, 2.75) is 13.3 Å². The van der Waals surface area contributed by atoms with Crippen LogP contribution in [-0.2, 0) is 11.2 Å². The third-order valence-electron chi connectivity index (χ3n) is 2.28. The van der Waals surface area contributed by atoms with Gasteiger partial charge in [-0.2, -0.15) is 0 Å². The number of amides is 1. The Morgan fingerprint density at radius 2 is 2.17 bits per heavy atom. The normalized spacial score (nSPS) is 9.44. The Morgan fingerprint density at radius 3 is 2.83 bits per heavy atom. The Labute approximate surface area is 115 Å². The van der Waals surface area contributed by atoms with Crippen molar-refractivity contribution in [2.75, 3.05) is 26.7 Å². The zero-order valence-corrected chi connectivity index (χ0v) is 11.7. The molecule has 0 atom stereocenters. The van der Waals surface area contributed by atoms with Gasteiger partial charge in [-0.25, -0.2) is 0 Å². The van der Waals surface area contributed by atoms with Gasteiger partial charge in [0.15, 0.2) is 0 Å². The monoisotopic (exact) mass is 272 g/mol. The molecule has 0 radical (unpaired) electrons. The molecule has 0 heterocycles. The zero-order valence-electron chi connectivity index (χ0n) is 10.9. The van der Waals surface area contributed by atoms with Crippen LogP contribution < -0.4 is 15.4 Å². The third-order valence-corrected chi connectivity index (χ3v) is 2.28. The summed E-state index contributed by atoms with van der Waals surface area (Å²) in [5.74, 6) is 0.903. The molecule has 18 heavy (non-hydrogen) atoms. The van der Waals surface area contributed by atoms with Crippen LogP contribution in [0.25, 0.3) is 0 Å². The van der Waals surface area contributed by atoms with E-state index in [0.717, 1.165) is 12.2 Å². The minimum atomic E-state index is 0. The molecule has 5 heteroatoms. The van der Waals surface area contributed by atoms with Crippen LogP contribution in [-0.4, -0.2) is 32.7 Å². The number of carbonyl (C=O) groups is 1. The number of likely N-dealkylation sites (N-methyl/N-ethyl adjacent to an activating group) is 1. The first-order valence-electron chi connectivity index (χ1n) is 5.89. The van der Waals surface area contributed by atoms with Crippen LogP contribution in [0.1, 0.15) is 12.5 Å². The Balaban J connectivity index is 0.00000289. The van der Waals surface area contributed by atoms with E-state index < -0.39 is 0 Å². The van der Waals surface area contributed by atoms with Gasteiger partial charge in [0.2, 0.25) is 5.91 Å². The van der Waals surface area contributed by atoms with Gasteiger partial charge in [-0.05, 0) is 38.1 Å². The number of hydrogen-bond acceptors (Lipinski definition) is 3. The fraction of sp³-hybridized carbons (Fsp3) is 0.462. The molecule has 0 aliphatic heterocycles. The Morgan fingerprint density at radius 1 is 1.39 bits per heavy atom. The topological polar surface area (TPSA) is 50.4 Å². The highest BCUT2D eigenvalue weighted by molar-refractivity contribution is 5.85. The maximum absolute atomic E-state index is 11.2. The van der Waals surface area contributed by atoms with Crippen LogP contribution in [0.4, 0.5) is 0 Å². The van der Waals surface area contributed by atoms with Crippen LogP contribution in [0.3, 0.4) is 0 Å². The van der Waals surface area contributed by atoms with Gasteiger partial charge in [0.1, 0.15) is 5.75 Å². The molecule has 4 nitrogen and oxygen atoms in total. The second-order valence-corrected chi connectivity index (χ2v) is 3.71. The highest BCUT2D eigenvalue weighted by Crippen LogP contribution is 2.13. The molecule has 0 fully saturated rings. The van der Waals surface area contributed by atoms with E-state index in [0.29, 0.717) is 19.7 Å². The summed E-state index contributed by atoms with van der Waals surface area (Å²) in [4.78, 5) is 11.2. The molecule has 0 aliphatic carbocycles. The molecule has 1 amide bonds. The predicted octanol–water partition coefficient (Wildman–Crippen LogP) is 1.39. The summed E-state index contributed by atoms with van der Waals surface area (Å²) in [5.41, 5.74) is 1.17. The lowest BCUT2D eigenvalue weighted by molar-refractivity contribution is -0.120. The minimum absolute atomic E-state index is 0. The predicted molar refractivity (Wildman–Crippen MR) is 75.5 cm³/mol. The first-order valence-corrected chi connectivity index (χ1v) is 5.89. The molecular weight excluding hydrogens is 252 g/mol. The number of halogens is 1. The molecule has 0 unspecified atom stereocenters. The van der Waals surface area contributed by atoms with Gasteiger partial charge in [0, 0.05) is 6.54 Å². The lowest BCUT2D eigenvalue weighted by Crippen LogP contribution is -2.33. The molecule has 0 saturated heterocycles. The van der Waals surface area contributed by atoms with Crippen molar-refractivity contribution in [3.8, 4) is 5.75 Å². The van der Waals surface area contributed by atoms with Crippen LogP contribution in [0, 0.1) is 0 Å². The Hall–Kier alpha value is -1.26. The summed E-state index contributed by atoms with van der Waals surface area (Å²) in [6.07, 6.45) is 0.816. The molecule has 0 aromatic heterocycles. The standard InChI is InChI=1S/C13H20N2O2.ClH/c1-3-17-12-6-4-5-11(9-12)7-8-15-13(16)10-14-2;/h4-6,9,14H,3,7-8,10H2,1-2H3,(H,15,16);1H. The summed E-state index contributed by atoms with van der Waals surface area (Å²) in [7, 11) is 1.76. The quantitative estimate of drug-likeness (QED) is 0.789. The van der Waals surface area contributed by atoms with Gasteiger partial charge in [-0.15, -0.1) is 12.4 Å². The van der Waals surface area contributed by atoms with E-state index >= 15 is 0 Å². The maximum Gasteiger partial charge on any atom is 0.233 e. The van der Waals surface area contributed by atoms with Crippen molar-refractivity contribution in [3.63, 3.8) is 0 Å². The first kappa shape index (κ1) is 16.7. The maximum atomic E-state index is 11.2. The number of ether oxygens (including phenoxy) is 1. The van der Waals surface area contributed by atoms with Gasteiger partial charge in [-0.3, -0.25) is 4.79 Å². The summed E-state index contributed by atoms with van der Waals surface area (Å²) in [5, 5.41) is 5.65. The third kappa shape index (κ3) is 6.47. The molecule has 1 rings (SSSR count). The molecule has 0 saturated carbocycles. The molecule has 0 aliphatic rings. The van der Waals surface area contributed by atoms with Crippen LogP contribution in [0.2, 0.25) is 0 Å². The van der Waals surface area contributed by atoms with Crippen LogP contribution in [0.5, 0.6) is 5.75 Å². The molecule has 0 bridgehead atoms. The van der Waals surface area contributed by atoms with E-state index in [1.807, 2.05) is 31.2 Å². The lowest BCUT2D eigenvalue weighted by Gasteiger charge is -2.07. The van der Waals surface area contributed by atoms with Crippen molar-refractivity contribution in [1.29, 1.82) is 0 Å². The lowest BCUT2D eigenvalue weighted by atomic mass is 10.1. The second kappa shape index (κ2) is 9.74. The minimum Gasteiger partial charge on any atom is -0.494 e. The number of hydrogen-bond donors (Lipinski definition) is 2. The van der Waals surface area contributed by atoms with Gasteiger partial charge in [0.25, 0.3) is 0 Å². The van der Waals surface area contributed by atoms with E-state index in [1.54, 1.807) is 7.05 Å². The summed E-state index contributed by atoms with van der Waals surface area (Å²) in [6.45, 7) is 3.64. The fourth-order valence-electron chi connectivity index (χ4n) is 1.53. The fourth-order valence-corrected chi connectivity index (χ4v) is 1.53. The SMILES string of the molecule is CCOc1cccc(CCNC(=O)CNC)c1.Cl. The Bertz CT molecular complexity index is 359. The number of carbonyl (C=O) groups excluding carboxylic acids is 1. The average Bonchev–Trinajstić information content (AvgIpc) is 2.30. The highest BCUT2D eigenvalue weighted by Gasteiger charge is 1.99. The summed E-state index contributed by atoms with van der Waals surface area (Å²) < 4.78 is 5.42. The van der Waals surface area contributed by atoms with Gasteiger partial charge in [-0.1, -0.05) is 12.1 Å². The molecule has 0 spiro atoms. The van der Waals surface area contributed by atoms with Crippen molar-refractivity contribution in [3.05, 3.63) is 29.8 Å². The number of nitrogens with one attached hydrogen (secondary N) is 2. The number of rotatable bonds is 7. The van der Waals surface area contributed by atoms with Crippen LogP contribution in [0.15, 0.2) is 24.3 Å². The largest absolute Gasteiger partial charge is 0.494 e. The van der Waals surface area contributed by atoms with Crippen molar-refractivity contribution < 1.29 is 9.53 Å². The highest BCUT2D eigenvalue weighted by atomic mass is 35.5. The van der Waals surface area contributed by atoms with Crippen LogP contribution >= 0.6 is 12.4 Å².